The summed E-state index contributed by atoms with van der Waals surface area (Å²) in [4.78, 5) is 13.3. The van der Waals surface area contributed by atoms with Crippen LogP contribution in [0, 0.1) is 0 Å². The molecule has 0 atom stereocenters. The van der Waals surface area contributed by atoms with Gasteiger partial charge in [0.25, 0.3) is 0 Å². The molecule has 0 bridgehead atoms. The summed E-state index contributed by atoms with van der Waals surface area (Å²) in [5.74, 6) is 1.12. The van der Waals surface area contributed by atoms with Gasteiger partial charge in [0, 0.05) is 18.8 Å². The minimum atomic E-state index is 0.966. The van der Waals surface area contributed by atoms with Crippen molar-refractivity contribution in [2.24, 2.45) is 0 Å². The van der Waals surface area contributed by atoms with E-state index in [4.69, 9.17) is 4.98 Å². The van der Waals surface area contributed by atoms with Crippen LogP contribution < -0.4 is 4.90 Å². The van der Waals surface area contributed by atoms with E-state index in [-0.39, 0.29) is 0 Å². The van der Waals surface area contributed by atoms with Crippen LogP contribution in [-0.2, 0) is 6.54 Å². The van der Waals surface area contributed by atoms with E-state index < -0.39 is 0 Å². The summed E-state index contributed by atoms with van der Waals surface area (Å²) in [5, 5.41) is 0. The van der Waals surface area contributed by atoms with Crippen molar-refractivity contribution in [3.8, 4) is 0 Å². The van der Waals surface area contributed by atoms with Crippen molar-refractivity contribution >= 4 is 16.7 Å². The molecule has 0 aliphatic carbocycles. The molecule has 1 aromatic carbocycles. The molecule has 0 unspecified atom stereocenters. The molecule has 2 aliphatic heterocycles. The molecule has 0 radical (unpaired) electrons. The van der Waals surface area contributed by atoms with Crippen molar-refractivity contribution in [3.63, 3.8) is 0 Å². The summed E-state index contributed by atoms with van der Waals surface area (Å²) in [6.45, 7) is 5.79. The fraction of sp³-hybridized carbons (Fsp3) is 0.588. The summed E-state index contributed by atoms with van der Waals surface area (Å²) in [7, 11) is 0. The number of rotatable bonds is 3. The van der Waals surface area contributed by atoms with Gasteiger partial charge in [0.2, 0.25) is 0 Å². The minimum Gasteiger partial charge on any atom is -0.371 e. The minimum absolute atomic E-state index is 0.966. The monoisotopic (exact) mass is 284 g/mol. The zero-order valence-electron chi connectivity index (χ0n) is 12.6. The first kappa shape index (κ1) is 13.1. The van der Waals surface area contributed by atoms with Gasteiger partial charge in [0.05, 0.1) is 17.6 Å². The standard InChI is InChI=1S/C17H24N4/c1-2-8-20(9-3-1)13-17-18-15-7-6-14(12-16(15)19-17)21-10-4-5-11-21/h6-7,12H,1-5,8-11,13H2,(H,18,19). The number of nitrogens with zero attached hydrogens (tertiary/aromatic N) is 3. The predicted octanol–water partition coefficient (Wildman–Crippen LogP) is 3.15. The van der Waals surface area contributed by atoms with Crippen LogP contribution >= 0.6 is 0 Å². The predicted molar refractivity (Wildman–Crippen MR) is 86.7 cm³/mol. The maximum atomic E-state index is 4.76. The van der Waals surface area contributed by atoms with Gasteiger partial charge in [-0.25, -0.2) is 4.98 Å². The van der Waals surface area contributed by atoms with Crippen LogP contribution in [-0.4, -0.2) is 41.0 Å². The average Bonchev–Trinajstić information content (AvgIpc) is 3.16. The number of anilines is 1. The molecule has 1 aromatic heterocycles. The third-order valence-electron chi connectivity index (χ3n) is 4.81. The van der Waals surface area contributed by atoms with Gasteiger partial charge in [-0.15, -0.1) is 0 Å². The maximum absolute atomic E-state index is 4.76. The normalized spacial score (nSPS) is 20.5. The highest BCUT2D eigenvalue weighted by molar-refractivity contribution is 5.79. The van der Waals surface area contributed by atoms with Gasteiger partial charge in [-0.1, -0.05) is 6.42 Å². The van der Waals surface area contributed by atoms with Crippen LogP contribution in [0.5, 0.6) is 0 Å². The molecule has 112 valence electrons. The SMILES string of the molecule is c1cc2nc(CN3CCCCC3)[nH]c2cc1N1CCCC1. The highest BCUT2D eigenvalue weighted by atomic mass is 15.2. The fourth-order valence-corrected chi connectivity index (χ4v) is 3.63. The number of aromatic nitrogens is 2. The van der Waals surface area contributed by atoms with Gasteiger partial charge in [0.1, 0.15) is 5.82 Å². The molecule has 0 amide bonds. The molecular weight excluding hydrogens is 260 g/mol. The fourth-order valence-electron chi connectivity index (χ4n) is 3.63. The Hall–Kier alpha value is -1.55. The first-order chi connectivity index (χ1) is 10.4. The zero-order chi connectivity index (χ0) is 14.1. The van der Waals surface area contributed by atoms with E-state index in [0.717, 1.165) is 17.9 Å². The van der Waals surface area contributed by atoms with E-state index in [1.807, 2.05) is 0 Å². The van der Waals surface area contributed by atoms with Gasteiger partial charge in [-0.05, 0) is 57.0 Å². The summed E-state index contributed by atoms with van der Waals surface area (Å²) < 4.78 is 0. The van der Waals surface area contributed by atoms with Crippen LogP contribution in [0.15, 0.2) is 18.2 Å². The second kappa shape index (κ2) is 5.68. The molecule has 2 fully saturated rings. The molecule has 0 spiro atoms. The van der Waals surface area contributed by atoms with E-state index in [9.17, 15) is 0 Å². The molecule has 4 nitrogen and oxygen atoms in total. The molecule has 2 aromatic rings. The van der Waals surface area contributed by atoms with Crippen LogP contribution in [0.1, 0.15) is 37.9 Å². The molecular formula is C17H24N4. The lowest BCUT2D eigenvalue weighted by Gasteiger charge is -2.25. The quantitative estimate of drug-likeness (QED) is 0.940. The van der Waals surface area contributed by atoms with E-state index in [1.54, 1.807) is 0 Å². The number of benzene rings is 1. The Balaban J connectivity index is 1.54. The number of imidazole rings is 1. The van der Waals surface area contributed by atoms with E-state index >= 15 is 0 Å². The number of fused-ring (bicyclic) bond motifs is 1. The van der Waals surface area contributed by atoms with Crippen molar-refractivity contribution in [3.05, 3.63) is 24.0 Å². The van der Waals surface area contributed by atoms with Crippen molar-refractivity contribution in [2.45, 2.75) is 38.6 Å². The number of H-pyrrole nitrogens is 1. The van der Waals surface area contributed by atoms with Crippen molar-refractivity contribution < 1.29 is 0 Å². The van der Waals surface area contributed by atoms with E-state index in [0.29, 0.717) is 0 Å². The Bertz CT molecular complexity index is 606. The Morgan fingerprint density at radius 3 is 2.52 bits per heavy atom. The van der Waals surface area contributed by atoms with Crippen LogP contribution in [0.2, 0.25) is 0 Å². The second-order valence-electron chi connectivity index (χ2n) is 6.42. The van der Waals surface area contributed by atoms with Crippen LogP contribution in [0.3, 0.4) is 0 Å². The number of aromatic amines is 1. The number of piperidine rings is 1. The van der Waals surface area contributed by atoms with Crippen LogP contribution in [0.25, 0.3) is 11.0 Å². The van der Waals surface area contributed by atoms with Gasteiger partial charge in [0.15, 0.2) is 0 Å². The van der Waals surface area contributed by atoms with E-state index in [1.165, 1.54) is 69.5 Å². The van der Waals surface area contributed by atoms with Crippen LogP contribution in [0.4, 0.5) is 5.69 Å². The molecule has 3 heterocycles. The number of nitrogens with one attached hydrogen (secondary N) is 1. The number of hydrogen-bond donors (Lipinski definition) is 1. The molecule has 1 N–H and O–H groups in total. The lowest BCUT2D eigenvalue weighted by atomic mass is 10.1. The number of hydrogen-bond acceptors (Lipinski definition) is 3. The van der Waals surface area contributed by atoms with Crippen molar-refractivity contribution in [1.29, 1.82) is 0 Å². The van der Waals surface area contributed by atoms with Gasteiger partial charge in [-0.2, -0.15) is 0 Å². The van der Waals surface area contributed by atoms with Crippen molar-refractivity contribution in [2.75, 3.05) is 31.1 Å². The van der Waals surface area contributed by atoms with E-state index in [2.05, 4.69) is 33.0 Å². The number of likely N-dealkylation sites (tertiary alicyclic amines) is 1. The lowest BCUT2D eigenvalue weighted by molar-refractivity contribution is 0.216. The second-order valence-corrected chi connectivity index (χ2v) is 6.42. The Morgan fingerprint density at radius 2 is 1.71 bits per heavy atom. The molecule has 4 rings (SSSR count). The van der Waals surface area contributed by atoms with Gasteiger partial charge in [-0.3, -0.25) is 4.90 Å². The summed E-state index contributed by atoms with van der Waals surface area (Å²) in [6.07, 6.45) is 6.69. The average molecular weight is 284 g/mol. The largest absolute Gasteiger partial charge is 0.371 e. The Kier molecular flexibility index (Phi) is 3.55. The Morgan fingerprint density at radius 1 is 0.952 bits per heavy atom. The Labute approximate surface area is 126 Å². The highest BCUT2D eigenvalue weighted by Crippen LogP contribution is 2.24. The highest BCUT2D eigenvalue weighted by Gasteiger charge is 2.15. The van der Waals surface area contributed by atoms with Crippen molar-refractivity contribution in [1.82, 2.24) is 14.9 Å². The third-order valence-corrected chi connectivity index (χ3v) is 4.81. The smallest absolute Gasteiger partial charge is 0.121 e. The molecule has 0 saturated carbocycles. The third kappa shape index (κ3) is 2.77. The molecule has 4 heteroatoms. The van der Waals surface area contributed by atoms with Gasteiger partial charge < -0.3 is 9.88 Å². The van der Waals surface area contributed by atoms with Gasteiger partial charge >= 0.3 is 0 Å². The molecule has 2 aliphatic rings. The first-order valence-electron chi connectivity index (χ1n) is 8.34. The molecule has 2 saturated heterocycles. The summed E-state index contributed by atoms with van der Waals surface area (Å²) in [5.41, 5.74) is 3.63. The molecule has 21 heavy (non-hydrogen) atoms. The topological polar surface area (TPSA) is 35.2 Å². The summed E-state index contributed by atoms with van der Waals surface area (Å²) in [6, 6.07) is 6.66. The first-order valence-corrected chi connectivity index (χ1v) is 8.34. The zero-order valence-corrected chi connectivity index (χ0v) is 12.6. The summed E-state index contributed by atoms with van der Waals surface area (Å²) >= 11 is 0. The maximum Gasteiger partial charge on any atom is 0.121 e. The lowest BCUT2D eigenvalue weighted by Crippen LogP contribution is -2.29.